The van der Waals surface area contributed by atoms with Gasteiger partial charge in [0.2, 0.25) is 0 Å². The standard InChI is InChI=1S/C25H27N5O/c1-4-5-23(17(2)12-24-26-10-8-25(31)29-24)30-11-9-22-21(16-30)13-20(15-28-22)19-7-6-18(3)27-14-19/h4-8,10,12-15,23H,9,11,16H2,1-3H3,(H,26,29,31)/b5-4-,17-12-. The molecule has 158 valence electrons. The van der Waals surface area contributed by atoms with Crippen molar-refractivity contribution in [3.05, 3.63) is 93.7 Å². The van der Waals surface area contributed by atoms with Gasteiger partial charge in [-0.25, -0.2) is 4.98 Å². The number of H-pyrrole nitrogens is 1. The van der Waals surface area contributed by atoms with Crippen LogP contribution >= 0.6 is 0 Å². The van der Waals surface area contributed by atoms with E-state index < -0.39 is 0 Å². The van der Waals surface area contributed by atoms with Gasteiger partial charge in [-0.1, -0.05) is 18.2 Å². The third-order valence-corrected chi connectivity index (χ3v) is 5.60. The summed E-state index contributed by atoms with van der Waals surface area (Å²) in [7, 11) is 0. The van der Waals surface area contributed by atoms with Gasteiger partial charge in [-0.15, -0.1) is 0 Å². The van der Waals surface area contributed by atoms with E-state index in [2.05, 4.69) is 51.1 Å². The lowest BCUT2D eigenvalue weighted by atomic mass is 9.97. The zero-order chi connectivity index (χ0) is 21.8. The molecule has 0 aromatic carbocycles. The van der Waals surface area contributed by atoms with Gasteiger partial charge in [0.1, 0.15) is 5.82 Å². The van der Waals surface area contributed by atoms with Gasteiger partial charge in [-0.05, 0) is 50.1 Å². The molecular weight excluding hydrogens is 386 g/mol. The molecule has 3 aromatic heterocycles. The molecule has 0 spiro atoms. The van der Waals surface area contributed by atoms with Gasteiger partial charge < -0.3 is 4.98 Å². The predicted octanol–water partition coefficient (Wildman–Crippen LogP) is 3.94. The zero-order valence-electron chi connectivity index (χ0n) is 18.2. The van der Waals surface area contributed by atoms with Crippen LogP contribution in [0.3, 0.4) is 0 Å². The molecule has 1 unspecified atom stereocenters. The number of pyridine rings is 2. The van der Waals surface area contributed by atoms with Gasteiger partial charge in [0.25, 0.3) is 5.56 Å². The number of rotatable bonds is 5. The first kappa shape index (κ1) is 20.9. The van der Waals surface area contributed by atoms with Crippen LogP contribution in [0.2, 0.25) is 0 Å². The van der Waals surface area contributed by atoms with Crippen LogP contribution in [-0.2, 0) is 13.0 Å². The molecule has 1 atom stereocenters. The molecule has 4 rings (SSSR count). The number of allylic oxidation sites excluding steroid dienone is 1. The molecule has 31 heavy (non-hydrogen) atoms. The number of aromatic amines is 1. The van der Waals surface area contributed by atoms with E-state index in [0.717, 1.165) is 47.6 Å². The summed E-state index contributed by atoms with van der Waals surface area (Å²) >= 11 is 0. The van der Waals surface area contributed by atoms with Crippen LogP contribution in [0.15, 0.2) is 65.4 Å². The minimum Gasteiger partial charge on any atom is -0.307 e. The molecule has 0 fully saturated rings. The Morgan fingerprint density at radius 2 is 2.00 bits per heavy atom. The van der Waals surface area contributed by atoms with Gasteiger partial charge in [0, 0.05) is 72.7 Å². The van der Waals surface area contributed by atoms with Crippen molar-refractivity contribution < 1.29 is 0 Å². The van der Waals surface area contributed by atoms with Crippen LogP contribution in [0.5, 0.6) is 0 Å². The number of aromatic nitrogens is 4. The Morgan fingerprint density at radius 1 is 1.16 bits per heavy atom. The molecule has 0 amide bonds. The number of nitrogens with one attached hydrogen (secondary N) is 1. The molecule has 0 saturated carbocycles. The minimum absolute atomic E-state index is 0.119. The summed E-state index contributed by atoms with van der Waals surface area (Å²) < 4.78 is 0. The number of nitrogens with zero attached hydrogens (tertiary/aromatic N) is 4. The quantitative estimate of drug-likeness (QED) is 0.641. The Hall–Kier alpha value is -3.38. The highest BCUT2D eigenvalue weighted by Gasteiger charge is 2.24. The lowest BCUT2D eigenvalue weighted by molar-refractivity contribution is 0.230. The van der Waals surface area contributed by atoms with Crippen molar-refractivity contribution in [2.75, 3.05) is 6.54 Å². The molecule has 1 N–H and O–H groups in total. The predicted molar refractivity (Wildman–Crippen MR) is 123 cm³/mol. The third-order valence-electron chi connectivity index (χ3n) is 5.60. The van der Waals surface area contributed by atoms with Crippen LogP contribution in [0.1, 0.15) is 36.6 Å². The molecule has 6 heteroatoms. The zero-order valence-corrected chi connectivity index (χ0v) is 18.2. The SMILES string of the molecule is C/C=C\C(/C(C)=C\c1nccc(=O)[nH]1)N1CCc2ncc(-c3ccc(C)nc3)cc2C1. The summed E-state index contributed by atoms with van der Waals surface area (Å²) in [5, 5.41) is 0. The van der Waals surface area contributed by atoms with E-state index in [1.54, 1.807) is 0 Å². The second-order valence-corrected chi connectivity index (χ2v) is 7.92. The van der Waals surface area contributed by atoms with Crippen LogP contribution in [0, 0.1) is 6.92 Å². The lowest BCUT2D eigenvalue weighted by Crippen LogP contribution is -2.39. The van der Waals surface area contributed by atoms with E-state index in [1.165, 1.54) is 17.8 Å². The topological polar surface area (TPSA) is 74.8 Å². The molecule has 4 heterocycles. The molecule has 0 aliphatic carbocycles. The summed E-state index contributed by atoms with van der Waals surface area (Å²) in [5.41, 5.74) is 6.57. The van der Waals surface area contributed by atoms with Gasteiger partial charge in [-0.3, -0.25) is 19.7 Å². The van der Waals surface area contributed by atoms with Crippen LogP contribution in [0.25, 0.3) is 17.2 Å². The number of aryl methyl sites for hydroxylation is 1. The highest BCUT2D eigenvalue weighted by atomic mass is 16.1. The number of hydrogen-bond donors (Lipinski definition) is 1. The fraction of sp³-hybridized carbons (Fsp3) is 0.280. The fourth-order valence-electron chi connectivity index (χ4n) is 3.99. The maximum atomic E-state index is 11.6. The first-order valence-electron chi connectivity index (χ1n) is 10.5. The fourth-order valence-corrected chi connectivity index (χ4v) is 3.99. The van der Waals surface area contributed by atoms with Crippen LogP contribution < -0.4 is 5.56 Å². The minimum atomic E-state index is -0.146. The highest BCUT2D eigenvalue weighted by Crippen LogP contribution is 2.27. The summed E-state index contributed by atoms with van der Waals surface area (Å²) in [6, 6.07) is 7.90. The van der Waals surface area contributed by atoms with Gasteiger partial charge in [0.15, 0.2) is 0 Å². The first-order valence-corrected chi connectivity index (χ1v) is 10.5. The van der Waals surface area contributed by atoms with E-state index in [4.69, 9.17) is 4.98 Å². The van der Waals surface area contributed by atoms with E-state index >= 15 is 0 Å². The number of hydrogen-bond acceptors (Lipinski definition) is 5. The first-order chi connectivity index (χ1) is 15.0. The lowest BCUT2D eigenvalue weighted by Gasteiger charge is -2.34. The van der Waals surface area contributed by atoms with Crippen molar-refractivity contribution in [1.29, 1.82) is 0 Å². The van der Waals surface area contributed by atoms with Crippen LogP contribution in [0.4, 0.5) is 0 Å². The van der Waals surface area contributed by atoms with Gasteiger partial charge in [-0.2, -0.15) is 0 Å². The molecule has 1 aliphatic heterocycles. The molecule has 1 aliphatic rings. The highest BCUT2D eigenvalue weighted by molar-refractivity contribution is 5.62. The summed E-state index contributed by atoms with van der Waals surface area (Å²) in [6.07, 6.45) is 12.5. The normalized spacial score (nSPS) is 15.8. The van der Waals surface area contributed by atoms with Crippen molar-refractivity contribution in [3.8, 4) is 11.1 Å². The maximum absolute atomic E-state index is 11.6. The van der Waals surface area contributed by atoms with Gasteiger partial charge >= 0.3 is 0 Å². The summed E-state index contributed by atoms with van der Waals surface area (Å²) in [5.74, 6) is 0.577. The Balaban J connectivity index is 1.61. The summed E-state index contributed by atoms with van der Waals surface area (Å²) in [6.45, 7) is 7.84. The van der Waals surface area contributed by atoms with Crippen molar-refractivity contribution >= 4 is 6.08 Å². The average Bonchev–Trinajstić information content (AvgIpc) is 2.77. The number of fused-ring (bicyclic) bond motifs is 1. The van der Waals surface area contributed by atoms with E-state index in [-0.39, 0.29) is 11.6 Å². The van der Waals surface area contributed by atoms with E-state index in [9.17, 15) is 4.79 Å². The second-order valence-electron chi connectivity index (χ2n) is 7.92. The molecule has 6 nitrogen and oxygen atoms in total. The van der Waals surface area contributed by atoms with E-state index in [1.807, 2.05) is 38.4 Å². The van der Waals surface area contributed by atoms with Crippen molar-refractivity contribution in [3.63, 3.8) is 0 Å². The smallest absolute Gasteiger partial charge is 0.251 e. The van der Waals surface area contributed by atoms with E-state index in [0.29, 0.717) is 5.82 Å². The largest absolute Gasteiger partial charge is 0.307 e. The third kappa shape index (κ3) is 4.86. The Morgan fingerprint density at radius 3 is 2.74 bits per heavy atom. The van der Waals surface area contributed by atoms with Crippen molar-refractivity contribution in [1.82, 2.24) is 24.8 Å². The Labute approximate surface area is 182 Å². The van der Waals surface area contributed by atoms with Gasteiger partial charge in [0.05, 0.1) is 0 Å². The Bertz CT molecular complexity index is 1180. The van der Waals surface area contributed by atoms with Crippen molar-refractivity contribution in [2.24, 2.45) is 0 Å². The second kappa shape index (κ2) is 9.18. The molecule has 0 bridgehead atoms. The molecule has 0 radical (unpaired) electrons. The average molecular weight is 414 g/mol. The Kier molecular flexibility index (Phi) is 6.18. The summed E-state index contributed by atoms with van der Waals surface area (Å²) in [4.78, 5) is 30.3. The van der Waals surface area contributed by atoms with Crippen molar-refractivity contribution in [2.45, 2.75) is 39.8 Å². The monoisotopic (exact) mass is 413 g/mol. The maximum Gasteiger partial charge on any atom is 0.251 e. The molecule has 0 saturated heterocycles. The molecular formula is C25H27N5O. The molecule has 3 aromatic rings. The van der Waals surface area contributed by atoms with Crippen LogP contribution in [-0.4, -0.2) is 37.4 Å².